The molecule has 0 aliphatic carbocycles. The number of hydrogen-bond donors (Lipinski definition) is 0. The molecule has 3 nitrogen and oxygen atoms in total. The number of nitrogens with zero attached hydrogens (tertiary/aromatic N) is 2. The normalized spacial score (nSPS) is 11.1. The molecule has 0 spiro atoms. The number of benzene rings is 2. The first-order chi connectivity index (χ1) is 9.86. The van der Waals surface area contributed by atoms with Crippen molar-refractivity contribution in [2.45, 2.75) is 0 Å². The van der Waals surface area contributed by atoms with Crippen LogP contribution in [0.15, 0.2) is 65.9 Å². The van der Waals surface area contributed by atoms with Crippen LogP contribution in [0.2, 0.25) is 0 Å². The first-order valence-corrected chi connectivity index (χ1v) is 6.38. The quantitative estimate of drug-likeness (QED) is 0.669. The van der Waals surface area contributed by atoms with Gasteiger partial charge in [0.1, 0.15) is 5.75 Å². The summed E-state index contributed by atoms with van der Waals surface area (Å²) in [5, 5.41) is 2.26. The molecule has 0 aliphatic rings. The Balaban J connectivity index is 1.98. The van der Waals surface area contributed by atoms with E-state index < -0.39 is 0 Å². The van der Waals surface area contributed by atoms with Crippen LogP contribution in [0.5, 0.6) is 5.75 Å². The number of pyridine rings is 1. The second kappa shape index (κ2) is 5.53. The molecule has 0 atom stereocenters. The van der Waals surface area contributed by atoms with Gasteiger partial charge in [-0.25, -0.2) is 0 Å². The molecule has 0 amide bonds. The van der Waals surface area contributed by atoms with Crippen LogP contribution in [0.4, 0.5) is 5.69 Å². The molecule has 0 bridgehead atoms. The largest absolute Gasteiger partial charge is 0.497 e. The van der Waals surface area contributed by atoms with Crippen LogP contribution in [-0.4, -0.2) is 18.3 Å². The van der Waals surface area contributed by atoms with E-state index in [0.29, 0.717) is 0 Å². The van der Waals surface area contributed by atoms with Crippen LogP contribution in [0, 0.1) is 0 Å². The maximum Gasteiger partial charge on any atom is 0.121 e. The van der Waals surface area contributed by atoms with Gasteiger partial charge in [-0.15, -0.1) is 0 Å². The maximum atomic E-state index is 5.19. The van der Waals surface area contributed by atoms with Crippen molar-refractivity contribution in [3.05, 3.63) is 66.5 Å². The van der Waals surface area contributed by atoms with E-state index in [1.165, 1.54) is 0 Å². The Hall–Kier alpha value is -2.68. The number of fused-ring (bicyclic) bond motifs is 1. The van der Waals surface area contributed by atoms with Crippen LogP contribution in [0.3, 0.4) is 0 Å². The molecule has 1 heterocycles. The van der Waals surface area contributed by atoms with Gasteiger partial charge in [0.05, 0.1) is 12.8 Å². The van der Waals surface area contributed by atoms with Crippen LogP contribution < -0.4 is 4.74 Å². The van der Waals surface area contributed by atoms with Gasteiger partial charge in [-0.2, -0.15) is 0 Å². The molecule has 0 saturated heterocycles. The van der Waals surface area contributed by atoms with Crippen molar-refractivity contribution in [2.24, 2.45) is 4.99 Å². The molecule has 3 rings (SSSR count). The van der Waals surface area contributed by atoms with Crippen LogP contribution in [0.25, 0.3) is 10.8 Å². The van der Waals surface area contributed by atoms with Crippen LogP contribution in [-0.2, 0) is 0 Å². The zero-order chi connectivity index (χ0) is 13.8. The third-order valence-corrected chi connectivity index (χ3v) is 3.12. The summed E-state index contributed by atoms with van der Waals surface area (Å²) in [4.78, 5) is 8.64. The maximum absolute atomic E-state index is 5.19. The van der Waals surface area contributed by atoms with Gasteiger partial charge < -0.3 is 4.74 Å². The standard InChI is InChI=1S/C17H14N2O/c1-20-16-7-3-6-15(10-16)19-12-14-5-2-4-13-11-18-9-8-17(13)14/h2-12H,1H3/b19-12-. The number of ether oxygens (including phenoxy) is 1. The molecule has 1 aromatic heterocycles. The average molecular weight is 262 g/mol. The smallest absolute Gasteiger partial charge is 0.121 e. The minimum atomic E-state index is 0.807. The Bertz CT molecular complexity index is 760. The fourth-order valence-electron chi connectivity index (χ4n) is 2.10. The molecule has 20 heavy (non-hydrogen) atoms. The molecule has 0 aliphatic heterocycles. The molecule has 2 aromatic carbocycles. The minimum Gasteiger partial charge on any atom is -0.497 e. The molecular formula is C17H14N2O. The van der Waals surface area contributed by atoms with Crippen molar-refractivity contribution in [2.75, 3.05) is 7.11 Å². The zero-order valence-corrected chi connectivity index (χ0v) is 11.2. The molecule has 0 radical (unpaired) electrons. The topological polar surface area (TPSA) is 34.5 Å². The fourth-order valence-corrected chi connectivity index (χ4v) is 2.10. The average Bonchev–Trinajstić information content (AvgIpc) is 2.53. The highest BCUT2D eigenvalue weighted by Gasteiger charge is 1.98. The third-order valence-electron chi connectivity index (χ3n) is 3.12. The number of methoxy groups -OCH3 is 1. The molecule has 0 N–H and O–H groups in total. The lowest BCUT2D eigenvalue weighted by molar-refractivity contribution is 0.415. The van der Waals surface area contributed by atoms with Crippen LogP contribution in [0.1, 0.15) is 5.56 Å². The summed E-state index contributed by atoms with van der Waals surface area (Å²) in [6, 6.07) is 15.8. The summed E-state index contributed by atoms with van der Waals surface area (Å²) in [6.45, 7) is 0. The van der Waals surface area contributed by atoms with Gasteiger partial charge in [0.2, 0.25) is 0 Å². The predicted octanol–water partition coefficient (Wildman–Crippen LogP) is 3.99. The molecule has 0 fully saturated rings. The summed E-state index contributed by atoms with van der Waals surface area (Å²) < 4.78 is 5.19. The highest BCUT2D eigenvalue weighted by Crippen LogP contribution is 2.21. The van der Waals surface area contributed by atoms with Crippen molar-refractivity contribution in [1.82, 2.24) is 4.98 Å². The number of hydrogen-bond acceptors (Lipinski definition) is 3. The van der Waals surface area contributed by atoms with Gasteiger partial charge in [-0.05, 0) is 23.6 Å². The number of aliphatic imine (C=N–C) groups is 1. The lowest BCUT2D eigenvalue weighted by atomic mass is 10.1. The summed E-state index contributed by atoms with van der Waals surface area (Å²) in [5.41, 5.74) is 1.95. The van der Waals surface area contributed by atoms with Crippen molar-refractivity contribution in [3.8, 4) is 5.75 Å². The Morgan fingerprint density at radius 3 is 2.90 bits per heavy atom. The highest BCUT2D eigenvalue weighted by atomic mass is 16.5. The number of aromatic nitrogens is 1. The summed E-state index contributed by atoms with van der Waals surface area (Å²) in [6.07, 6.45) is 5.53. The van der Waals surface area contributed by atoms with Crippen molar-refractivity contribution in [3.63, 3.8) is 0 Å². The van der Waals surface area contributed by atoms with Crippen molar-refractivity contribution in [1.29, 1.82) is 0 Å². The predicted molar refractivity (Wildman–Crippen MR) is 82.0 cm³/mol. The molecular weight excluding hydrogens is 248 g/mol. The molecule has 3 aromatic rings. The van der Waals surface area contributed by atoms with E-state index in [4.69, 9.17) is 4.74 Å². The second-order valence-electron chi connectivity index (χ2n) is 4.40. The minimum absolute atomic E-state index is 0.807. The highest BCUT2D eigenvalue weighted by molar-refractivity contribution is 6.00. The van der Waals surface area contributed by atoms with Gasteiger partial charge in [0.15, 0.2) is 0 Å². The lowest BCUT2D eigenvalue weighted by Crippen LogP contribution is -1.85. The Morgan fingerprint density at radius 1 is 1.10 bits per heavy atom. The molecule has 3 heteroatoms. The van der Waals surface area contributed by atoms with E-state index >= 15 is 0 Å². The van der Waals surface area contributed by atoms with Crippen LogP contribution >= 0.6 is 0 Å². The van der Waals surface area contributed by atoms with Gasteiger partial charge in [0.25, 0.3) is 0 Å². The summed E-state index contributed by atoms with van der Waals surface area (Å²) in [7, 11) is 1.65. The first-order valence-electron chi connectivity index (χ1n) is 6.38. The second-order valence-corrected chi connectivity index (χ2v) is 4.40. The summed E-state index contributed by atoms with van der Waals surface area (Å²) in [5.74, 6) is 0.807. The first kappa shape index (κ1) is 12.4. The van der Waals surface area contributed by atoms with E-state index in [9.17, 15) is 0 Å². The third kappa shape index (κ3) is 2.52. The van der Waals surface area contributed by atoms with Gasteiger partial charge in [0, 0.05) is 35.6 Å². The fraction of sp³-hybridized carbons (Fsp3) is 0.0588. The SMILES string of the molecule is COc1cccc(/N=C\c2cccc3cnccc23)c1. The Morgan fingerprint density at radius 2 is 2.00 bits per heavy atom. The van der Waals surface area contributed by atoms with Gasteiger partial charge in [-0.1, -0.05) is 24.3 Å². The molecule has 0 unspecified atom stereocenters. The van der Waals surface area contributed by atoms with Gasteiger partial charge >= 0.3 is 0 Å². The van der Waals surface area contributed by atoms with Crippen molar-refractivity contribution >= 4 is 22.7 Å². The van der Waals surface area contributed by atoms with Crippen molar-refractivity contribution < 1.29 is 4.74 Å². The number of rotatable bonds is 3. The molecule has 98 valence electrons. The zero-order valence-electron chi connectivity index (χ0n) is 11.2. The lowest BCUT2D eigenvalue weighted by Gasteiger charge is -2.02. The van der Waals surface area contributed by atoms with E-state index in [-0.39, 0.29) is 0 Å². The summed E-state index contributed by atoms with van der Waals surface area (Å²) >= 11 is 0. The van der Waals surface area contributed by atoms with E-state index in [1.54, 1.807) is 13.3 Å². The van der Waals surface area contributed by atoms with E-state index in [0.717, 1.165) is 27.8 Å². The Kier molecular flexibility index (Phi) is 3.42. The monoisotopic (exact) mass is 262 g/mol. The Labute approximate surface area is 117 Å². The van der Waals surface area contributed by atoms with E-state index in [2.05, 4.69) is 9.98 Å². The molecule has 0 saturated carbocycles. The van der Waals surface area contributed by atoms with E-state index in [1.807, 2.05) is 60.9 Å². The van der Waals surface area contributed by atoms with Gasteiger partial charge in [-0.3, -0.25) is 9.98 Å².